The number of aliphatic hydroxyl groups is 1. The molecule has 1 unspecified atom stereocenters. The van der Waals surface area contributed by atoms with E-state index >= 15 is 0 Å². The lowest BCUT2D eigenvalue weighted by Crippen LogP contribution is -2.40. The molecule has 0 spiro atoms. The third-order valence-corrected chi connectivity index (χ3v) is 6.67. The SMILES string of the molecule is O=C1C(=O)N(C2CCCCC2)C(c2ccccc2F)/C1=C(\O)c1ccc2ccccc2c1. The van der Waals surface area contributed by atoms with Crippen LogP contribution in [0.5, 0.6) is 0 Å². The highest BCUT2D eigenvalue weighted by molar-refractivity contribution is 6.46. The minimum Gasteiger partial charge on any atom is -0.507 e. The number of hydrogen-bond acceptors (Lipinski definition) is 3. The fourth-order valence-electron chi connectivity index (χ4n) is 5.08. The molecule has 0 bridgehead atoms. The molecule has 1 saturated carbocycles. The maximum atomic E-state index is 14.9. The van der Waals surface area contributed by atoms with Crippen LogP contribution in [-0.2, 0) is 9.59 Å². The Morgan fingerprint density at radius 1 is 0.875 bits per heavy atom. The third-order valence-electron chi connectivity index (χ3n) is 6.67. The van der Waals surface area contributed by atoms with Crippen molar-refractivity contribution in [2.45, 2.75) is 44.2 Å². The van der Waals surface area contributed by atoms with E-state index in [0.717, 1.165) is 42.9 Å². The number of amides is 1. The number of likely N-dealkylation sites (tertiary alicyclic amines) is 1. The lowest BCUT2D eigenvalue weighted by Gasteiger charge is -2.35. The molecule has 0 aromatic heterocycles. The summed E-state index contributed by atoms with van der Waals surface area (Å²) in [5.41, 5.74) is 0.632. The van der Waals surface area contributed by atoms with Gasteiger partial charge < -0.3 is 10.0 Å². The van der Waals surface area contributed by atoms with Crippen LogP contribution in [0, 0.1) is 5.82 Å². The summed E-state index contributed by atoms with van der Waals surface area (Å²) in [5.74, 6) is -2.17. The summed E-state index contributed by atoms with van der Waals surface area (Å²) >= 11 is 0. The highest BCUT2D eigenvalue weighted by Gasteiger charge is 2.49. The summed E-state index contributed by atoms with van der Waals surface area (Å²) in [6, 6.07) is 18.2. The lowest BCUT2D eigenvalue weighted by molar-refractivity contribution is -0.141. The predicted octanol–water partition coefficient (Wildman–Crippen LogP) is 5.73. The second-order valence-electron chi connectivity index (χ2n) is 8.58. The van der Waals surface area contributed by atoms with Gasteiger partial charge in [-0.25, -0.2) is 4.39 Å². The zero-order valence-electron chi connectivity index (χ0n) is 17.6. The second-order valence-corrected chi connectivity index (χ2v) is 8.58. The van der Waals surface area contributed by atoms with Crippen molar-refractivity contribution in [3.05, 3.63) is 89.2 Å². The molecule has 1 atom stereocenters. The van der Waals surface area contributed by atoms with Gasteiger partial charge in [0.05, 0.1) is 11.6 Å². The number of aliphatic hydroxyl groups excluding tert-OH is 1. The molecule has 2 aliphatic rings. The number of fused-ring (bicyclic) bond motifs is 1. The van der Waals surface area contributed by atoms with E-state index < -0.39 is 23.5 Å². The molecule has 1 aliphatic carbocycles. The van der Waals surface area contributed by atoms with Crippen molar-refractivity contribution < 1.29 is 19.1 Å². The van der Waals surface area contributed by atoms with Crippen molar-refractivity contribution >= 4 is 28.2 Å². The Kier molecular flexibility index (Phi) is 5.25. The van der Waals surface area contributed by atoms with Crippen LogP contribution in [0.3, 0.4) is 0 Å². The van der Waals surface area contributed by atoms with Crippen molar-refractivity contribution in [1.82, 2.24) is 4.90 Å². The fraction of sp³-hybridized carbons (Fsp3) is 0.259. The Balaban J connectivity index is 1.69. The Labute approximate surface area is 186 Å². The first-order valence-electron chi connectivity index (χ1n) is 11.1. The van der Waals surface area contributed by atoms with E-state index in [1.165, 1.54) is 11.0 Å². The topological polar surface area (TPSA) is 57.6 Å². The van der Waals surface area contributed by atoms with E-state index in [-0.39, 0.29) is 22.9 Å². The number of benzene rings is 3. The fourth-order valence-corrected chi connectivity index (χ4v) is 5.08. The van der Waals surface area contributed by atoms with Crippen LogP contribution in [0.1, 0.15) is 49.3 Å². The molecule has 162 valence electrons. The molecule has 3 aromatic rings. The predicted molar refractivity (Wildman–Crippen MR) is 121 cm³/mol. The number of carbonyl (C=O) groups excluding carboxylic acids is 2. The molecule has 5 heteroatoms. The van der Waals surface area contributed by atoms with Gasteiger partial charge in [0, 0.05) is 17.2 Å². The molecule has 5 rings (SSSR count). The molecule has 32 heavy (non-hydrogen) atoms. The minimum atomic E-state index is -0.939. The van der Waals surface area contributed by atoms with Crippen molar-refractivity contribution in [2.75, 3.05) is 0 Å². The van der Waals surface area contributed by atoms with Gasteiger partial charge in [-0.1, -0.05) is 73.9 Å². The molecule has 1 saturated heterocycles. The summed E-state index contributed by atoms with van der Waals surface area (Å²) in [6.07, 6.45) is 4.55. The van der Waals surface area contributed by atoms with Gasteiger partial charge in [0.15, 0.2) is 0 Å². The summed E-state index contributed by atoms with van der Waals surface area (Å²) in [7, 11) is 0. The Morgan fingerprint density at radius 2 is 1.56 bits per heavy atom. The van der Waals surface area contributed by atoms with Crippen LogP contribution in [0.15, 0.2) is 72.3 Å². The van der Waals surface area contributed by atoms with Crippen LogP contribution >= 0.6 is 0 Å². The number of Topliss-reactive ketones (excluding diaryl/α,β-unsaturated/α-hetero) is 1. The minimum absolute atomic E-state index is 0.0408. The average molecular weight is 429 g/mol. The molecule has 3 aromatic carbocycles. The second kappa shape index (κ2) is 8.23. The van der Waals surface area contributed by atoms with Crippen molar-refractivity contribution in [1.29, 1.82) is 0 Å². The van der Waals surface area contributed by atoms with Crippen LogP contribution < -0.4 is 0 Å². The molecular weight excluding hydrogens is 405 g/mol. The van der Waals surface area contributed by atoms with Crippen molar-refractivity contribution in [3.8, 4) is 0 Å². The first kappa shape index (κ1) is 20.4. The van der Waals surface area contributed by atoms with E-state index in [9.17, 15) is 19.1 Å². The van der Waals surface area contributed by atoms with Gasteiger partial charge in [-0.15, -0.1) is 0 Å². The molecular formula is C27H24FNO3. The number of hydrogen-bond donors (Lipinski definition) is 1. The zero-order valence-corrected chi connectivity index (χ0v) is 17.6. The first-order chi connectivity index (χ1) is 15.6. The lowest BCUT2D eigenvalue weighted by atomic mass is 9.90. The van der Waals surface area contributed by atoms with E-state index in [2.05, 4.69) is 0 Å². The first-order valence-corrected chi connectivity index (χ1v) is 11.1. The van der Waals surface area contributed by atoms with Gasteiger partial charge in [-0.2, -0.15) is 0 Å². The number of ketones is 1. The Bertz CT molecular complexity index is 1240. The average Bonchev–Trinajstić information content (AvgIpc) is 3.09. The van der Waals surface area contributed by atoms with Gasteiger partial charge in [0.2, 0.25) is 0 Å². The Morgan fingerprint density at radius 3 is 2.31 bits per heavy atom. The molecule has 1 N–H and O–H groups in total. The van der Waals surface area contributed by atoms with Crippen LogP contribution in [-0.4, -0.2) is 27.7 Å². The number of halogens is 1. The van der Waals surface area contributed by atoms with Crippen LogP contribution in [0.4, 0.5) is 4.39 Å². The molecule has 0 radical (unpaired) electrons. The van der Waals surface area contributed by atoms with Gasteiger partial charge >= 0.3 is 0 Å². The van der Waals surface area contributed by atoms with E-state index in [4.69, 9.17) is 0 Å². The van der Waals surface area contributed by atoms with Gasteiger partial charge in [-0.3, -0.25) is 9.59 Å². The number of rotatable bonds is 3. The summed E-state index contributed by atoms with van der Waals surface area (Å²) in [4.78, 5) is 27.9. The van der Waals surface area contributed by atoms with E-state index in [0.29, 0.717) is 5.56 Å². The quantitative estimate of drug-likeness (QED) is 0.328. The van der Waals surface area contributed by atoms with Crippen LogP contribution in [0.2, 0.25) is 0 Å². The molecule has 1 aliphatic heterocycles. The molecule has 2 fully saturated rings. The zero-order chi connectivity index (χ0) is 22.2. The molecule has 1 amide bonds. The van der Waals surface area contributed by atoms with Crippen molar-refractivity contribution in [2.24, 2.45) is 0 Å². The third kappa shape index (κ3) is 3.38. The normalized spacial score (nSPS) is 21.4. The number of carbonyl (C=O) groups is 2. The summed E-state index contributed by atoms with van der Waals surface area (Å²) in [6.45, 7) is 0. The van der Waals surface area contributed by atoms with Crippen LogP contribution in [0.25, 0.3) is 16.5 Å². The largest absolute Gasteiger partial charge is 0.507 e. The monoisotopic (exact) mass is 429 g/mol. The summed E-state index contributed by atoms with van der Waals surface area (Å²) < 4.78 is 14.9. The van der Waals surface area contributed by atoms with Gasteiger partial charge in [0.1, 0.15) is 11.6 Å². The van der Waals surface area contributed by atoms with E-state index in [1.807, 2.05) is 30.3 Å². The molecule has 4 nitrogen and oxygen atoms in total. The maximum absolute atomic E-state index is 14.9. The van der Waals surface area contributed by atoms with Gasteiger partial charge in [-0.05, 0) is 35.7 Å². The highest BCUT2D eigenvalue weighted by Crippen LogP contribution is 2.43. The highest BCUT2D eigenvalue weighted by atomic mass is 19.1. The molecule has 1 heterocycles. The van der Waals surface area contributed by atoms with E-state index in [1.54, 1.807) is 30.3 Å². The summed E-state index contributed by atoms with van der Waals surface area (Å²) in [5, 5.41) is 13.2. The smallest absolute Gasteiger partial charge is 0.295 e. The Hall–Kier alpha value is -3.47. The van der Waals surface area contributed by atoms with Crippen molar-refractivity contribution in [3.63, 3.8) is 0 Å². The maximum Gasteiger partial charge on any atom is 0.295 e. The van der Waals surface area contributed by atoms with Gasteiger partial charge in [0.25, 0.3) is 11.7 Å². The standard InChI is InChI=1S/C27H24FNO3/c28-22-13-7-6-12-21(22)24-23(26(31)27(32)29(24)20-10-2-1-3-11-20)25(30)19-15-14-17-8-4-5-9-18(17)16-19/h4-9,12-16,20,24,30H,1-3,10-11H2/b25-23+. The number of nitrogens with zero attached hydrogens (tertiary/aromatic N) is 1.